The van der Waals surface area contributed by atoms with Crippen LogP contribution in [0.4, 0.5) is 17.1 Å². The normalized spacial score (nSPS) is 14.9. The fraction of sp³-hybridized carbons (Fsp3) is 0. The summed E-state index contributed by atoms with van der Waals surface area (Å²) in [5.74, 6) is 0. The molecule has 0 radical (unpaired) electrons. The zero-order chi connectivity index (χ0) is 47.6. The minimum absolute atomic E-state index is 0.137. The van der Waals surface area contributed by atoms with Gasteiger partial charge in [-0.1, -0.05) is 157 Å². The van der Waals surface area contributed by atoms with Crippen molar-refractivity contribution >= 4 is 71.7 Å². The summed E-state index contributed by atoms with van der Waals surface area (Å²) in [4.78, 5) is 1.63. The molecular formula is C52H33NO2. The second kappa shape index (κ2) is 12.6. The van der Waals surface area contributed by atoms with Gasteiger partial charge in [0.25, 0.3) is 0 Å². The zero-order valence-electron chi connectivity index (χ0n) is 41.8. The summed E-state index contributed by atoms with van der Waals surface area (Å²) < 4.78 is 130. The maximum Gasteiger partial charge on any atom is 0.143 e. The standard InChI is InChI=1S/C52H33NO2/c1-2-12-34(13-3-1)35-24-29-38(30-25-35)53(39-31-26-37(27-32-39)41-18-10-20-45-43-17-7-9-23-49(43)54-50(41)45)48-22-8-6-16-42(48)44-19-11-21-46-47-33-28-36-14-4-5-15-40(36)51(47)55-52(44)46/h1-33H/i4D,5D,6D,8D,11D,14D,15D,16D,19D,21D,22D,28D,33D. The molecule has 258 valence electrons. The number of para-hydroxylation sites is 4. The van der Waals surface area contributed by atoms with Gasteiger partial charge < -0.3 is 13.7 Å². The highest BCUT2D eigenvalue weighted by molar-refractivity contribution is 6.17. The van der Waals surface area contributed by atoms with Crippen molar-refractivity contribution in [3.8, 4) is 33.4 Å². The third-order valence-electron chi connectivity index (χ3n) is 9.95. The van der Waals surface area contributed by atoms with Crippen molar-refractivity contribution in [1.82, 2.24) is 0 Å². The van der Waals surface area contributed by atoms with Crippen LogP contribution in [0.1, 0.15) is 17.8 Å². The second-order valence-corrected chi connectivity index (χ2v) is 13.1. The Balaban J connectivity index is 1.22. The molecule has 0 saturated carbocycles. The van der Waals surface area contributed by atoms with Crippen LogP contribution < -0.4 is 4.90 Å². The highest BCUT2D eigenvalue weighted by Gasteiger charge is 2.21. The molecule has 0 unspecified atom stereocenters. The van der Waals surface area contributed by atoms with E-state index in [-0.39, 0.29) is 49.5 Å². The van der Waals surface area contributed by atoms with Crippen LogP contribution in [0, 0.1) is 0 Å². The zero-order valence-corrected chi connectivity index (χ0v) is 28.8. The van der Waals surface area contributed by atoms with Gasteiger partial charge in [0.15, 0.2) is 0 Å². The van der Waals surface area contributed by atoms with Crippen molar-refractivity contribution in [2.24, 2.45) is 0 Å². The molecule has 0 aliphatic carbocycles. The maximum absolute atomic E-state index is 9.64. The van der Waals surface area contributed by atoms with Crippen LogP contribution in [0.2, 0.25) is 0 Å². The number of rotatable bonds is 6. The van der Waals surface area contributed by atoms with Crippen LogP contribution in [0.5, 0.6) is 0 Å². The highest BCUT2D eigenvalue weighted by Crippen LogP contribution is 2.46. The van der Waals surface area contributed by atoms with Crippen molar-refractivity contribution < 1.29 is 26.7 Å². The van der Waals surface area contributed by atoms with Gasteiger partial charge in [0.2, 0.25) is 0 Å². The predicted molar refractivity (Wildman–Crippen MR) is 229 cm³/mol. The molecule has 11 rings (SSSR count). The van der Waals surface area contributed by atoms with E-state index in [1.807, 2.05) is 97.1 Å². The van der Waals surface area contributed by atoms with E-state index in [4.69, 9.17) is 22.5 Å². The molecule has 0 N–H and O–H groups in total. The number of benzene rings is 9. The quantitative estimate of drug-likeness (QED) is 0.172. The molecule has 2 heterocycles. The van der Waals surface area contributed by atoms with E-state index in [1.54, 1.807) is 29.2 Å². The molecule has 0 spiro atoms. The first-order valence-corrected chi connectivity index (χ1v) is 17.6. The molecule has 3 nitrogen and oxygen atoms in total. The SMILES string of the molecule is [2H]c1c([2H])c([2H])c(N(c2ccc(-c3ccccc3)cc2)c2ccc(-c3cccc4c3oc3ccccc34)cc2)c(-c2c([2H])c([2H])c([2H])c3c2oc2c4c([2H])c([2H])c([2H])c([2H])c4c([2H])c([2H])c23)c1[2H]. The summed E-state index contributed by atoms with van der Waals surface area (Å²) in [5, 5.41) is 0.909. The number of anilines is 3. The Bertz CT molecular complexity index is 3940. The smallest absolute Gasteiger partial charge is 0.143 e. The van der Waals surface area contributed by atoms with Gasteiger partial charge in [0.05, 0.1) is 23.5 Å². The van der Waals surface area contributed by atoms with Gasteiger partial charge in [-0.05, 0) is 64.5 Å². The van der Waals surface area contributed by atoms with E-state index in [2.05, 4.69) is 0 Å². The lowest BCUT2D eigenvalue weighted by Crippen LogP contribution is -2.11. The minimum Gasteiger partial charge on any atom is -0.455 e. The molecule has 0 amide bonds. The van der Waals surface area contributed by atoms with Crippen molar-refractivity contribution in [3.63, 3.8) is 0 Å². The van der Waals surface area contributed by atoms with Crippen LogP contribution in [0.25, 0.3) is 88.0 Å². The average molecular weight is 717 g/mol. The third-order valence-corrected chi connectivity index (χ3v) is 9.95. The fourth-order valence-corrected chi connectivity index (χ4v) is 7.37. The summed E-state index contributed by atoms with van der Waals surface area (Å²) in [7, 11) is 0. The third kappa shape index (κ3) is 5.13. The molecule has 2 aromatic heterocycles. The Morgan fingerprint density at radius 2 is 1.00 bits per heavy atom. The van der Waals surface area contributed by atoms with E-state index < -0.39 is 78.6 Å². The van der Waals surface area contributed by atoms with Gasteiger partial charge in [-0.2, -0.15) is 0 Å². The number of nitrogens with zero attached hydrogens (tertiary/aromatic N) is 1. The Morgan fingerprint density at radius 3 is 1.85 bits per heavy atom. The lowest BCUT2D eigenvalue weighted by Gasteiger charge is -2.28. The largest absolute Gasteiger partial charge is 0.455 e. The van der Waals surface area contributed by atoms with Crippen molar-refractivity contribution in [3.05, 3.63) is 200 Å². The van der Waals surface area contributed by atoms with Crippen molar-refractivity contribution in [2.45, 2.75) is 0 Å². The topological polar surface area (TPSA) is 29.5 Å². The highest BCUT2D eigenvalue weighted by atomic mass is 16.3. The Labute approximate surface area is 336 Å². The minimum atomic E-state index is -0.669. The maximum atomic E-state index is 9.64. The second-order valence-electron chi connectivity index (χ2n) is 13.1. The molecule has 0 aliphatic rings. The van der Waals surface area contributed by atoms with Gasteiger partial charge in [-0.25, -0.2) is 0 Å². The monoisotopic (exact) mass is 716 g/mol. The first-order chi connectivity index (χ1) is 32.7. The average Bonchev–Trinajstić information content (AvgIpc) is 3.95. The van der Waals surface area contributed by atoms with Gasteiger partial charge >= 0.3 is 0 Å². The molecular weight excluding hydrogens is 671 g/mol. The Morgan fingerprint density at radius 1 is 0.364 bits per heavy atom. The summed E-state index contributed by atoms with van der Waals surface area (Å²) in [6.07, 6.45) is 0. The van der Waals surface area contributed by atoms with Crippen LogP contribution in [0.3, 0.4) is 0 Å². The first-order valence-electron chi connectivity index (χ1n) is 24.1. The van der Waals surface area contributed by atoms with Gasteiger partial charge in [0, 0.05) is 55.0 Å². The molecule has 0 bridgehead atoms. The van der Waals surface area contributed by atoms with E-state index in [1.165, 1.54) is 0 Å². The van der Waals surface area contributed by atoms with E-state index in [0.29, 0.717) is 17.0 Å². The molecule has 11 aromatic rings. The number of furan rings is 2. The Kier molecular flexibility index (Phi) is 4.78. The van der Waals surface area contributed by atoms with E-state index in [0.717, 1.165) is 38.6 Å². The molecule has 3 heteroatoms. The molecule has 0 aliphatic heterocycles. The summed E-state index contributed by atoms with van der Waals surface area (Å²) >= 11 is 0. The number of hydrogen-bond donors (Lipinski definition) is 0. The lowest BCUT2D eigenvalue weighted by molar-refractivity contribution is 0.670. The van der Waals surface area contributed by atoms with Crippen LogP contribution in [-0.2, 0) is 0 Å². The predicted octanol–water partition coefficient (Wildman–Crippen LogP) is 15.1. The fourth-order valence-electron chi connectivity index (χ4n) is 7.37. The molecule has 0 saturated heterocycles. The van der Waals surface area contributed by atoms with Crippen molar-refractivity contribution in [1.29, 1.82) is 0 Å². The first kappa shape index (κ1) is 20.8. The van der Waals surface area contributed by atoms with Crippen molar-refractivity contribution in [2.75, 3.05) is 4.90 Å². The molecule has 0 fully saturated rings. The lowest BCUT2D eigenvalue weighted by atomic mass is 9.98. The van der Waals surface area contributed by atoms with Crippen LogP contribution in [0.15, 0.2) is 209 Å². The Hall–Kier alpha value is -7.36. The summed E-state index contributed by atoms with van der Waals surface area (Å²) in [6.45, 7) is 0. The number of hydrogen-bond acceptors (Lipinski definition) is 3. The van der Waals surface area contributed by atoms with Gasteiger partial charge in [0.1, 0.15) is 22.3 Å². The molecule has 0 atom stereocenters. The summed E-state index contributed by atoms with van der Waals surface area (Å²) in [5.41, 5.74) is 4.36. The van der Waals surface area contributed by atoms with Gasteiger partial charge in [-0.3, -0.25) is 0 Å². The van der Waals surface area contributed by atoms with Crippen LogP contribution in [-0.4, -0.2) is 0 Å². The van der Waals surface area contributed by atoms with Gasteiger partial charge in [-0.15, -0.1) is 0 Å². The molecule has 55 heavy (non-hydrogen) atoms. The molecule has 9 aromatic carbocycles. The van der Waals surface area contributed by atoms with Crippen LogP contribution >= 0.6 is 0 Å². The van der Waals surface area contributed by atoms with E-state index in [9.17, 15) is 4.11 Å². The summed E-state index contributed by atoms with van der Waals surface area (Å²) in [6, 6.07) is 30.3. The number of fused-ring (bicyclic) bond motifs is 8. The van der Waals surface area contributed by atoms with E-state index >= 15 is 0 Å².